The van der Waals surface area contributed by atoms with Crippen LogP contribution >= 0.6 is 0 Å². The SMILES string of the molecule is COc1ccc(C(NC(=O)N2CCCC(C(=O)O)C2)C2CC2)cc1. The van der Waals surface area contributed by atoms with Crippen molar-refractivity contribution in [3.05, 3.63) is 29.8 Å². The number of carbonyl (C=O) groups excluding carboxylic acids is 1. The first-order valence-electron chi connectivity index (χ1n) is 8.50. The predicted octanol–water partition coefficient (Wildman–Crippen LogP) is 2.65. The molecule has 0 bridgehead atoms. The maximum absolute atomic E-state index is 12.6. The number of carboxylic acid groups (broad SMARTS) is 1. The number of nitrogens with one attached hydrogen (secondary N) is 1. The largest absolute Gasteiger partial charge is 0.497 e. The third-order valence-electron chi connectivity index (χ3n) is 4.91. The minimum absolute atomic E-state index is 0.0198. The summed E-state index contributed by atoms with van der Waals surface area (Å²) in [4.78, 5) is 25.4. The average Bonchev–Trinajstić information content (AvgIpc) is 3.44. The summed E-state index contributed by atoms with van der Waals surface area (Å²) >= 11 is 0. The van der Waals surface area contributed by atoms with Crippen LogP contribution < -0.4 is 10.1 Å². The lowest BCUT2D eigenvalue weighted by Gasteiger charge is -2.32. The summed E-state index contributed by atoms with van der Waals surface area (Å²) in [7, 11) is 1.63. The van der Waals surface area contributed by atoms with Crippen molar-refractivity contribution in [2.45, 2.75) is 31.7 Å². The van der Waals surface area contributed by atoms with Gasteiger partial charge >= 0.3 is 12.0 Å². The first kappa shape index (κ1) is 16.6. The lowest BCUT2D eigenvalue weighted by molar-refractivity contribution is -0.143. The average molecular weight is 332 g/mol. The zero-order chi connectivity index (χ0) is 17.1. The highest BCUT2D eigenvalue weighted by atomic mass is 16.5. The van der Waals surface area contributed by atoms with Crippen molar-refractivity contribution in [2.24, 2.45) is 11.8 Å². The highest BCUT2D eigenvalue weighted by Crippen LogP contribution is 2.41. The Morgan fingerprint density at radius 2 is 1.96 bits per heavy atom. The summed E-state index contributed by atoms with van der Waals surface area (Å²) in [5, 5.41) is 12.3. The van der Waals surface area contributed by atoms with Crippen LogP contribution in [-0.4, -0.2) is 42.2 Å². The van der Waals surface area contributed by atoms with E-state index in [0.29, 0.717) is 25.4 Å². The zero-order valence-electron chi connectivity index (χ0n) is 13.9. The molecule has 2 N–H and O–H groups in total. The van der Waals surface area contributed by atoms with Gasteiger partial charge < -0.3 is 20.1 Å². The van der Waals surface area contributed by atoms with E-state index in [-0.39, 0.29) is 12.1 Å². The molecule has 2 fully saturated rings. The minimum atomic E-state index is -0.818. The van der Waals surface area contributed by atoms with Crippen LogP contribution in [0.15, 0.2) is 24.3 Å². The van der Waals surface area contributed by atoms with Crippen molar-refractivity contribution in [3.63, 3.8) is 0 Å². The van der Waals surface area contributed by atoms with E-state index in [2.05, 4.69) is 5.32 Å². The van der Waals surface area contributed by atoms with E-state index in [1.807, 2.05) is 24.3 Å². The molecule has 24 heavy (non-hydrogen) atoms. The number of methoxy groups -OCH3 is 1. The Morgan fingerprint density at radius 1 is 1.25 bits per heavy atom. The van der Waals surface area contributed by atoms with Gasteiger partial charge in [-0.25, -0.2) is 4.79 Å². The number of ether oxygens (including phenoxy) is 1. The number of benzene rings is 1. The second-order valence-electron chi connectivity index (χ2n) is 6.66. The van der Waals surface area contributed by atoms with Crippen LogP contribution in [0.3, 0.4) is 0 Å². The lowest BCUT2D eigenvalue weighted by atomic mass is 9.98. The maximum atomic E-state index is 12.6. The summed E-state index contributed by atoms with van der Waals surface area (Å²) in [6.45, 7) is 0.913. The smallest absolute Gasteiger partial charge is 0.317 e. The van der Waals surface area contributed by atoms with Gasteiger partial charge in [0, 0.05) is 13.1 Å². The number of piperidine rings is 1. The van der Waals surface area contributed by atoms with E-state index in [1.54, 1.807) is 12.0 Å². The molecule has 6 nitrogen and oxygen atoms in total. The fraction of sp³-hybridized carbons (Fsp3) is 0.556. The number of hydrogen-bond donors (Lipinski definition) is 2. The van der Waals surface area contributed by atoms with Gasteiger partial charge in [0.05, 0.1) is 19.1 Å². The van der Waals surface area contributed by atoms with Crippen LogP contribution in [0.5, 0.6) is 5.75 Å². The molecule has 6 heteroatoms. The number of carbonyl (C=O) groups is 2. The van der Waals surface area contributed by atoms with Gasteiger partial charge in [-0.2, -0.15) is 0 Å². The molecular weight excluding hydrogens is 308 g/mol. The van der Waals surface area contributed by atoms with Crippen molar-refractivity contribution in [1.29, 1.82) is 0 Å². The summed E-state index contributed by atoms with van der Waals surface area (Å²) < 4.78 is 5.18. The number of amides is 2. The Kier molecular flexibility index (Phi) is 4.92. The Balaban J connectivity index is 1.66. The molecule has 1 saturated carbocycles. The first-order valence-corrected chi connectivity index (χ1v) is 8.50. The van der Waals surface area contributed by atoms with Gasteiger partial charge in [0.2, 0.25) is 0 Å². The summed E-state index contributed by atoms with van der Waals surface area (Å²) in [6.07, 6.45) is 3.59. The van der Waals surface area contributed by atoms with E-state index in [0.717, 1.165) is 30.6 Å². The van der Waals surface area contributed by atoms with Gasteiger partial charge in [-0.05, 0) is 49.3 Å². The van der Waals surface area contributed by atoms with E-state index >= 15 is 0 Å². The molecule has 2 atom stereocenters. The molecule has 1 aromatic rings. The molecule has 1 aliphatic carbocycles. The van der Waals surface area contributed by atoms with Gasteiger partial charge in [-0.1, -0.05) is 12.1 Å². The van der Waals surface area contributed by atoms with Gasteiger partial charge in [-0.15, -0.1) is 0 Å². The van der Waals surface area contributed by atoms with Crippen LogP contribution in [0.1, 0.15) is 37.3 Å². The van der Waals surface area contributed by atoms with E-state index < -0.39 is 11.9 Å². The number of likely N-dealkylation sites (tertiary alicyclic amines) is 1. The highest BCUT2D eigenvalue weighted by molar-refractivity contribution is 5.77. The highest BCUT2D eigenvalue weighted by Gasteiger charge is 2.35. The van der Waals surface area contributed by atoms with Crippen molar-refractivity contribution in [3.8, 4) is 5.75 Å². The Labute approximate surface area is 141 Å². The molecule has 1 heterocycles. The third kappa shape index (κ3) is 3.80. The molecule has 2 aliphatic rings. The number of carboxylic acids is 1. The number of nitrogens with zero attached hydrogens (tertiary/aromatic N) is 1. The van der Waals surface area contributed by atoms with Gasteiger partial charge in [0.1, 0.15) is 5.75 Å². The van der Waals surface area contributed by atoms with Gasteiger partial charge in [0.15, 0.2) is 0 Å². The van der Waals surface area contributed by atoms with E-state index in [9.17, 15) is 14.7 Å². The Bertz CT molecular complexity index is 598. The standard InChI is InChI=1S/C18H24N2O4/c1-24-15-8-6-13(7-9-15)16(12-4-5-12)19-18(23)20-10-2-3-14(11-20)17(21)22/h6-9,12,14,16H,2-5,10-11H2,1H3,(H,19,23)(H,21,22). The van der Waals surface area contributed by atoms with Crippen molar-refractivity contribution in [1.82, 2.24) is 10.2 Å². The van der Waals surface area contributed by atoms with Gasteiger partial charge in [0.25, 0.3) is 0 Å². The fourth-order valence-corrected chi connectivity index (χ4v) is 3.30. The van der Waals surface area contributed by atoms with E-state index in [4.69, 9.17) is 4.74 Å². The molecule has 1 aromatic carbocycles. The molecule has 1 saturated heterocycles. The number of urea groups is 1. The topological polar surface area (TPSA) is 78.9 Å². The van der Waals surface area contributed by atoms with Crippen LogP contribution in [-0.2, 0) is 4.79 Å². The van der Waals surface area contributed by atoms with Crippen LogP contribution in [0.2, 0.25) is 0 Å². The van der Waals surface area contributed by atoms with Crippen molar-refractivity contribution >= 4 is 12.0 Å². The molecule has 0 aromatic heterocycles. The molecule has 0 radical (unpaired) electrons. The molecule has 130 valence electrons. The minimum Gasteiger partial charge on any atom is -0.497 e. The lowest BCUT2D eigenvalue weighted by Crippen LogP contribution is -2.48. The van der Waals surface area contributed by atoms with Gasteiger partial charge in [-0.3, -0.25) is 4.79 Å². The van der Waals surface area contributed by atoms with Crippen LogP contribution in [0.4, 0.5) is 4.79 Å². The molecule has 3 rings (SSSR count). The molecule has 2 unspecified atom stereocenters. The zero-order valence-corrected chi connectivity index (χ0v) is 13.9. The fourth-order valence-electron chi connectivity index (χ4n) is 3.30. The predicted molar refractivity (Wildman–Crippen MR) is 88.9 cm³/mol. The molecule has 1 aliphatic heterocycles. The summed E-state index contributed by atoms with van der Waals surface area (Å²) in [5.74, 6) is -0.0198. The maximum Gasteiger partial charge on any atom is 0.317 e. The monoisotopic (exact) mass is 332 g/mol. The molecular formula is C18H24N2O4. The van der Waals surface area contributed by atoms with E-state index in [1.165, 1.54) is 0 Å². The number of hydrogen-bond acceptors (Lipinski definition) is 3. The number of aliphatic carboxylic acids is 1. The normalized spacial score (nSPS) is 21.9. The van der Waals surface area contributed by atoms with Crippen molar-refractivity contribution in [2.75, 3.05) is 20.2 Å². The molecule has 0 spiro atoms. The Morgan fingerprint density at radius 3 is 2.54 bits per heavy atom. The second-order valence-corrected chi connectivity index (χ2v) is 6.66. The number of rotatable bonds is 5. The summed E-state index contributed by atoms with van der Waals surface area (Å²) in [6, 6.07) is 7.59. The summed E-state index contributed by atoms with van der Waals surface area (Å²) in [5.41, 5.74) is 1.07. The van der Waals surface area contributed by atoms with Crippen molar-refractivity contribution < 1.29 is 19.4 Å². The first-order chi connectivity index (χ1) is 11.6. The second kappa shape index (κ2) is 7.11. The quantitative estimate of drug-likeness (QED) is 0.869. The van der Waals surface area contributed by atoms with Crippen LogP contribution in [0, 0.1) is 11.8 Å². The third-order valence-corrected chi connectivity index (χ3v) is 4.91. The molecule has 2 amide bonds. The Hall–Kier alpha value is -2.24. The van der Waals surface area contributed by atoms with Crippen LogP contribution in [0.25, 0.3) is 0 Å².